The third-order valence-electron chi connectivity index (χ3n) is 5.63. The molecule has 160 valence electrons. The Kier molecular flexibility index (Phi) is 6.87. The lowest BCUT2D eigenvalue weighted by molar-refractivity contribution is 0.0627. The van der Waals surface area contributed by atoms with Gasteiger partial charge in [0, 0.05) is 49.9 Å². The van der Waals surface area contributed by atoms with Crippen molar-refractivity contribution in [2.75, 3.05) is 39.4 Å². The molecule has 2 fully saturated rings. The summed E-state index contributed by atoms with van der Waals surface area (Å²) in [5.74, 6) is 0.450. The molecular weight excluding hydrogens is 407 g/mol. The molecule has 0 bridgehead atoms. The van der Waals surface area contributed by atoms with Crippen LogP contribution in [0, 0.1) is 5.82 Å². The highest BCUT2D eigenvalue weighted by Gasteiger charge is 2.23. The molecule has 2 saturated heterocycles. The number of amides is 1. The van der Waals surface area contributed by atoms with E-state index in [0.717, 1.165) is 43.9 Å². The van der Waals surface area contributed by atoms with Gasteiger partial charge in [-0.05, 0) is 54.8 Å². The van der Waals surface area contributed by atoms with Crippen molar-refractivity contribution in [3.05, 3.63) is 64.4 Å². The van der Waals surface area contributed by atoms with Crippen molar-refractivity contribution in [2.24, 2.45) is 0 Å². The van der Waals surface area contributed by atoms with Crippen LogP contribution in [0.15, 0.2) is 42.5 Å². The molecule has 1 unspecified atom stereocenters. The molecule has 2 aromatic rings. The Morgan fingerprint density at radius 3 is 2.57 bits per heavy atom. The minimum atomic E-state index is -0.331. The number of piperazine rings is 1. The third-order valence-corrected chi connectivity index (χ3v) is 5.98. The Labute approximate surface area is 181 Å². The highest BCUT2D eigenvalue weighted by Crippen LogP contribution is 2.21. The Balaban J connectivity index is 1.26. The van der Waals surface area contributed by atoms with E-state index in [1.54, 1.807) is 6.07 Å². The van der Waals surface area contributed by atoms with Crippen molar-refractivity contribution < 1.29 is 18.7 Å². The first kappa shape index (κ1) is 21.1. The maximum Gasteiger partial charge on any atom is 0.253 e. The summed E-state index contributed by atoms with van der Waals surface area (Å²) in [6, 6.07) is 11.8. The highest BCUT2D eigenvalue weighted by molar-refractivity contribution is 6.31. The van der Waals surface area contributed by atoms with Crippen molar-refractivity contribution in [1.82, 2.24) is 9.80 Å². The Hall–Kier alpha value is -2.15. The first-order chi connectivity index (χ1) is 14.6. The summed E-state index contributed by atoms with van der Waals surface area (Å²) in [6.45, 7) is 4.81. The molecule has 7 heteroatoms. The number of nitrogens with zero attached hydrogens (tertiary/aromatic N) is 2. The summed E-state index contributed by atoms with van der Waals surface area (Å²) in [4.78, 5) is 16.9. The van der Waals surface area contributed by atoms with Crippen molar-refractivity contribution in [3.8, 4) is 5.75 Å². The van der Waals surface area contributed by atoms with E-state index in [1.165, 1.54) is 12.1 Å². The molecule has 1 atom stereocenters. The van der Waals surface area contributed by atoms with E-state index in [0.29, 0.717) is 36.8 Å². The predicted octanol–water partition coefficient (Wildman–Crippen LogP) is 3.99. The van der Waals surface area contributed by atoms with Gasteiger partial charge in [-0.15, -0.1) is 0 Å². The molecule has 0 spiro atoms. The van der Waals surface area contributed by atoms with Crippen molar-refractivity contribution in [1.29, 1.82) is 0 Å². The van der Waals surface area contributed by atoms with Gasteiger partial charge < -0.3 is 14.4 Å². The molecule has 1 amide bonds. The summed E-state index contributed by atoms with van der Waals surface area (Å²) in [5.41, 5.74) is 1.56. The van der Waals surface area contributed by atoms with Crippen LogP contribution in [0.3, 0.4) is 0 Å². The maximum atomic E-state index is 13.2. The van der Waals surface area contributed by atoms with Crippen LogP contribution < -0.4 is 4.74 Å². The van der Waals surface area contributed by atoms with Crippen LogP contribution in [0.2, 0.25) is 5.02 Å². The second-order valence-corrected chi connectivity index (χ2v) is 8.18. The van der Waals surface area contributed by atoms with Gasteiger partial charge in [0.15, 0.2) is 0 Å². The zero-order valence-electron chi connectivity index (χ0n) is 16.9. The number of halogens is 2. The predicted molar refractivity (Wildman–Crippen MR) is 114 cm³/mol. The van der Waals surface area contributed by atoms with E-state index < -0.39 is 0 Å². The van der Waals surface area contributed by atoms with Crippen LogP contribution in [-0.2, 0) is 11.3 Å². The lowest BCUT2D eigenvalue weighted by atomic mass is 10.1. The maximum absolute atomic E-state index is 13.2. The molecule has 0 aliphatic carbocycles. The van der Waals surface area contributed by atoms with Gasteiger partial charge in [0.05, 0.1) is 6.10 Å². The van der Waals surface area contributed by atoms with Gasteiger partial charge in [-0.3, -0.25) is 9.69 Å². The fraction of sp³-hybridized carbons (Fsp3) is 0.435. The Morgan fingerprint density at radius 1 is 1.13 bits per heavy atom. The number of benzene rings is 2. The molecule has 0 N–H and O–H groups in total. The largest absolute Gasteiger partial charge is 0.491 e. The number of carbonyl (C=O) groups excluding carboxylic acids is 1. The highest BCUT2D eigenvalue weighted by atomic mass is 35.5. The monoisotopic (exact) mass is 432 g/mol. The van der Waals surface area contributed by atoms with E-state index in [4.69, 9.17) is 21.1 Å². The first-order valence-corrected chi connectivity index (χ1v) is 10.8. The van der Waals surface area contributed by atoms with E-state index in [-0.39, 0.29) is 17.8 Å². The van der Waals surface area contributed by atoms with Gasteiger partial charge >= 0.3 is 0 Å². The number of hydrogen-bond acceptors (Lipinski definition) is 4. The zero-order valence-corrected chi connectivity index (χ0v) is 17.6. The molecule has 5 nitrogen and oxygen atoms in total. The van der Waals surface area contributed by atoms with Crippen LogP contribution >= 0.6 is 11.6 Å². The van der Waals surface area contributed by atoms with Crippen LogP contribution in [0.4, 0.5) is 4.39 Å². The first-order valence-electron chi connectivity index (χ1n) is 10.4. The van der Waals surface area contributed by atoms with Gasteiger partial charge in [0.2, 0.25) is 0 Å². The summed E-state index contributed by atoms with van der Waals surface area (Å²) >= 11 is 6.13. The molecule has 4 rings (SSSR count). The van der Waals surface area contributed by atoms with Gasteiger partial charge in [0.1, 0.15) is 18.2 Å². The average molecular weight is 433 g/mol. The lowest BCUT2D eigenvalue weighted by Crippen LogP contribution is -2.48. The molecule has 0 saturated carbocycles. The minimum Gasteiger partial charge on any atom is -0.491 e. The molecule has 30 heavy (non-hydrogen) atoms. The SMILES string of the molecule is O=C(c1ccc(OCC2CCCO2)cc1)N1CCN(Cc2ccc(F)cc2Cl)CC1. The summed E-state index contributed by atoms with van der Waals surface area (Å²) in [7, 11) is 0. The fourth-order valence-electron chi connectivity index (χ4n) is 3.84. The van der Waals surface area contributed by atoms with Crippen LogP contribution in [0.25, 0.3) is 0 Å². The van der Waals surface area contributed by atoms with Gasteiger partial charge in [-0.2, -0.15) is 0 Å². The van der Waals surface area contributed by atoms with Crippen molar-refractivity contribution in [3.63, 3.8) is 0 Å². The molecule has 0 radical (unpaired) electrons. The van der Waals surface area contributed by atoms with E-state index in [9.17, 15) is 9.18 Å². The molecular formula is C23H26ClFN2O3. The van der Waals surface area contributed by atoms with Crippen LogP contribution in [0.1, 0.15) is 28.8 Å². The van der Waals surface area contributed by atoms with Gasteiger partial charge in [0.25, 0.3) is 5.91 Å². The summed E-state index contributed by atoms with van der Waals surface area (Å²) in [5, 5.41) is 0.440. The average Bonchev–Trinajstić information content (AvgIpc) is 3.28. The molecule has 2 aromatic carbocycles. The second-order valence-electron chi connectivity index (χ2n) is 7.77. The molecule has 2 heterocycles. The number of rotatable bonds is 6. The smallest absolute Gasteiger partial charge is 0.253 e. The topological polar surface area (TPSA) is 42.0 Å². The summed E-state index contributed by atoms with van der Waals surface area (Å²) < 4.78 is 24.5. The van der Waals surface area contributed by atoms with E-state index >= 15 is 0 Å². The minimum absolute atomic E-state index is 0.0279. The standard InChI is InChI=1S/C23H26ClFN2O3/c24-22-14-19(25)6-3-18(22)15-26-9-11-27(12-10-26)23(28)17-4-7-20(8-5-17)30-16-21-2-1-13-29-21/h3-8,14,21H,1-2,9-13,15-16H2. The second kappa shape index (κ2) is 9.77. The molecule has 0 aromatic heterocycles. The lowest BCUT2D eigenvalue weighted by Gasteiger charge is -2.35. The third kappa shape index (κ3) is 5.31. The molecule has 2 aliphatic heterocycles. The van der Waals surface area contributed by atoms with E-state index in [2.05, 4.69) is 4.90 Å². The van der Waals surface area contributed by atoms with Crippen molar-refractivity contribution >= 4 is 17.5 Å². The van der Waals surface area contributed by atoms with Crippen molar-refractivity contribution in [2.45, 2.75) is 25.5 Å². The fourth-order valence-corrected chi connectivity index (χ4v) is 4.07. The summed E-state index contributed by atoms with van der Waals surface area (Å²) in [6.07, 6.45) is 2.30. The van der Waals surface area contributed by atoms with Crippen LogP contribution in [-0.4, -0.2) is 61.2 Å². The van der Waals surface area contributed by atoms with Gasteiger partial charge in [-0.25, -0.2) is 4.39 Å². The number of ether oxygens (including phenoxy) is 2. The normalized spacial score (nSPS) is 19.8. The number of carbonyl (C=O) groups is 1. The quantitative estimate of drug-likeness (QED) is 0.692. The Bertz CT molecular complexity index is 863. The Morgan fingerprint density at radius 2 is 1.90 bits per heavy atom. The zero-order chi connectivity index (χ0) is 20.9. The van der Waals surface area contributed by atoms with Crippen LogP contribution in [0.5, 0.6) is 5.75 Å². The van der Waals surface area contributed by atoms with Gasteiger partial charge in [-0.1, -0.05) is 17.7 Å². The molecule has 2 aliphatic rings. The van der Waals surface area contributed by atoms with E-state index in [1.807, 2.05) is 29.2 Å². The number of hydrogen-bond donors (Lipinski definition) is 0.